The Labute approximate surface area is 418 Å². The molecule has 19 nitrogen and oxygen atoms in total. The van der Waals surface area contributed by atoms with E-state index in [2.05, 4.69) is 67.8 Å². The molecule has 4 saturated heterocycles. The number of aromatic nitrogens is 2. The Bertz CT molecular complexity index is 3000. The number of nitro groups is 1. The molecular formula is C52H61N9O10S. The van der Waals surface area contributed by atoms with Crippen LogP contribution in [-0.2, 0) is 19.5 Å². The summed E-state index contributed by atoms with van der Waals surface area (Å²) in [5.74, 6) is 0.459. The van der Waals surface area contributed by atoms with Crippen LogP contribution in [0.2, 0.25) is 0 Å². The van der Waals surface area contributed by atoms with E-state index >= 15 is 0 Å². The number of para-hydroxylation sites is 1. The third-order valence-electron chi connectivity index (χ3n) is 15.9. The first-order valence-corrected chi connectivity index (χ1v) is 26.9. The number of H-pyrrole nitrogens is 1. The van der Waals surface area contributed by atoms with Gasteiger partial charge in [-0.3, -0.25) is 24.7 Å². The number of nitrogens with zero attached hydrogens (tertiary/aromatic N) is 6. The quantitative estimate of drug-likeness (QED) is 0.0872. The van der Waals surface area contributed by atoms with Crippen molar-refractivity contribution in [3.8, 4) is 17.4 Å². The fourth-order valence-electron chi connectivity index (χ4n) is 12.3. The number of carbonyl (C=O) groups excluding carboxylic acids is 1. The predicted molar refractivity (Wildman–Crippen MR) is 269 cm³/mol. The molecule has 1 aliphatic carbocycles. The highest BCUT2D eigenvalue weighted by Crippen LogP contribution is 2.55. The van der Waals surface area contributed by atoms with Crippen LogP contribution in [0.4, 0.5) is 28.4 Å². The van der Waals surface area contributed by atoms with Gasteiger partial charge in [0.15, 0.2) is 11.4 Å². The molecule has 12 rings (SSSR count). The van der Waals surface area contributed by atoms with Crippen molar-refractivity contribution in [3.05, 3.63) is 94.2 Å². The zero-order valence-electron chi connectivity index (χ0n) is 40.6. The number of pyridine rings is 1. The third-order valence-corrected chi connectivity index (χ3v) is 17.2. The first-order chi connectivity index (χ1) is 34.9. The minimum absolute atomic E-state index is 0.0139. The molecule has 4 atom stereocenters. The van der Waals surface area contributed by atoms with Gasteiger partial charge in [0, 0.05) is 79.8 Å². The van der Waals surface area contributed by atoms with E-state index in [-0.39, 0.29) is 47.2 Å². The van der Waals surface area contributed by atoms with E-state index in [1.807, 2.05) is 29.2 Å². The van der Waals surface area contributed by atoms with Gasteiger partial charge in [-0.25, -0.2) is 13.1 Å². The zero-order valence-corrected chi connectivity index (χ0v) is 41.4. The molecule has 0 bridgehead atoms. The predicted octanol–water partition coefficient (Wildman–Crippen LogP) is 6.77. The van der Waals surface area contributed by atoms with Crippen LogP contribution in [0.3, 0.4) is 0 Å². The van der Waals surface area contributed by atoms with Gasteiger partial charge in [-0.15, -0.1) is 0 Å². The maximum atomic E-state index is 14.7. The fraction of sp³-hybridized carbons (Fsp3) is 0.500. The Morgan fingerprint density at radius 1 is 0.972 bits per heavy atom. The van der Waals surface area contributed by atoms with Crippen molar-refractivity contribution in [2.75, 3.05) is 87.4 Å². The van der Waals surface area contributed by atoms with Crippen LogP contribution in [0.15, 0.2) is 77.8 Å². The third kappa shape index (κ3) is 8.73. The lowest BCUT2D eigenvalue weighted by molar-refractivity contribution is -0.384. The van der Waals surface area contributed by atoms with Crippen molar-refractivity contribution in [1.82, 2.24) is 24.5 Å². The second kappa shape index (κ2) is 18.7. The highest BCUT2D eigenvalue weighted by Gasteiger charge is 2.50. The normalized spacial score (nSPS) is 24.2. The Balaban J connectivity index is 0.817. The summed E-state index contributed by atoms with van der Waals surface area (Å²) < 4.78 is 61.1. The molecule has 3 aromatic carbocycles. The van der Waals surface area contributed by atoms with Gasteiger partial charge in [0.25, 0.3) is 21.6 Å². The highest BCUT2D eigenvalue weighted by atomic mass is 32.2. The van der Waals surface area contributed by atoms with Crippen LogP contribution in [0.5, 0.6) is 17.4 Å². The summed E-state index contributed by atoms with van der Waals surface area (Å²) in [6.07, 6.45) is 8.16. The lowest BCUT2D eigenvalue weighted by Crippen LogP contribution is -2.55. The number of nitrogens with one attached hydrogen (secondary N) is 3. The zero-order chi connectivity index (χ0) is 49.3. The summed E-state index contributed by atoms with van der Waals surface area (Å²) >= 11 is 0. The van der Waals surface area contributed by atoms with E-state index in [4.69, 9.17) is 28.7 Å². The number of ether oxygens (including phenoxy) is 5. The lowest BCUT2D eigenvalue weighted by Gasteiger charge is -2.56. The number of likely N-dealkylation sites (tertiary alicyclic amines) is 1. The molecule has 1 spiro atoms. The topological polar surface area (TPSA) is 206 Å². The van der Waals surface area contributed by atoms with Crippen LogP contribution in [-0.4, -0.2) is 142 Å². The number of piperidine rings is 1. The number of hydrogen-bond acceptors (Lipinski definition) is 16. The number of benzene rings is 3. The number of rotatable bonds is 12. The lowest BCUT2D eigenvalue weighted by atomic mass is 9.60. The van der Waals surface area contributed by atoms with Crippen molar-refractivity contribution in [1.29, 1.82) is 0 Å². The van der Waals surface area contributed by atoms with Crippen molar-refractivity contribution in [2.24, 2.45) is 5.41 Å². The van der Waals surface area contributed by atoms with Crippen LogP contribution in [0.1, 0.15) is 74.3 Å². The molecule has 0 unspecified atom stereocenters. The maximum absolute atomic E-state index is 14.7. The summed E-state index contributed by atoms with van der Waals surface area (Å²) in [5, 5.41) is 16.6. The van der Waals surface area contributed by atoms with Gasteiger partial charge in [-0.1, -0.05) is 18.2 Å². The Morgan fingerprint density at radius 3 is 2.60 bits per heavy atom. The average Bonchev–Trinajstić information content (AvgIpc) is 4.16. The monoisotopic (exact) mass is 1000 g/mol. The van der Waals surface area contributed by atoms with Gasteiger partial charge < -0.3 is 43.8 Å². The van der Waals surface area contributed by atoms with Crippen LogP contribution >= 0.6 is 0 Å². The number of nitro benzene ring substituents is 1. The summed E-state index contributed by atoms with van der Waals surface area (Å²) in [4.78, 5) is 43.4. The molecule has 2 aromatic heterocycles. The summed E-state index contributed by atoms with van der Waals surface area (Å²) in [7, 11) is -4.70. The Kier molecular flexibility index (Phi) is 12.2. The number of sulfonamides is 1. The van der Waals surface area contributed by atoms with Crippen molar-refractivity contribution >= 4 is 55.4 Å². The number of amides is 1. The number of carbonyl (C=O) groups is 1. The van der Waals surface area contributed by atoms with E-state index in [0.717, 1.165) is 87.7 Å². The van der Waals surface area contributed by atoms with Crippen LogP contribution in [0, 0.1) is 15.5 Å². The number of aromatic amines is 1. The Hall–Kier alpha value is -6.19. The number of morpholine rings is 1. The maximum Gasteiger partial charge on any atom is 0.297 e. The molecule has 8 heterocycles. The number of anilines is 4. The summed E-state index contributed by atoms with van der Waals surface area (Å²) in [6, 6.07) is 20.3. The SMILES string of the molecule is CC(C)Oc1ccccc1[C@@H]1CCCN1C1CC2(CCN(c3ccc(C(=O)NS(=O)(=O)c4cc5c(c([N+](=O)[O-])c4)N[C@@H](CN4CCOCC4)CO5)c(N4c5cc6cc[nH]c6nc5O[C@@H]5COC[C@H]54)c3)CC2)C1. The van der Waals surface area contributed by atoms with Gasteiger partial charge in [0.1, 0.15) is 29.8 Å². The van der Waals surface area contributed by atoms with E-state index in [1.54, 1.807) is 12.3 Å². The van der Waals surface area contributed by atoms with E-state index in [9.17, 15) is 23.3 Å². The molecule has 5 fully saturated rings. The van der Waals surface area contributed by atoms with Gasteiger partial charge >= 0.3 is 0 Å². The molecule has 6 aliphatic heterocycles. The second-order valence-corrected chi connectivity index (χ2v) is 22.5. The van der Waals surface area contributed by atoms with E-state index in [0.29, 0.717) is 68.0 Å². The first-order valence-electron chi connectivity index (χ1n) is 25.4. The average molecular weight is 1000 g/mol. The number of hydrogen-bond donors (Lipinski definition) is 3. The number of fused-ring (bicyclic) bond motifs is 4. The first kappa shape index (κ1) is 46.9. The molecular weight excluding hydrogens is 943 g/mol. The molecule has 3 N–H and O–H groups in total. The van der Waals surface area contributed by atoms with Crippen molar-refractivity contribution in [2.45, 2.75) is 93.6 Å². The van der Waals surface area contributed by atoms with Gasteiger partial charge in [0.2, 0.25) is 5.88 Å². The van der Waals surface area contributed by atoms with Gasteiger partial charge in [0.05, 0.1) is 65.7 Å². The van der Waals surface area contributed by atoms with Crippen molar-refractivity contribution < 1.29 is 41.8 Å². The van der Waals surface area contributed by atoms with Crippen LogP contribution in [0.25, 0.3) is 11.0 Å². The standard InChI is InChI=1S/C52H61N9O10S/c1-32(2)70-45-8-4-3-6-38(45)40-7-5-15-59(40)36-26-52(27-36)12-16-58(17-13-52)35-9-10-39(41(23-35)60-43-22-33-11-14-53-49(33)55-51(43)71-47-31-68-30-44(47)60)50(62)56-72(65,66)37-24-42(61(63)64)48-46(25-37)69-29-34(54-48)28-57-18-20-67-21-19-57/h3-4,6,8-11,14,22-25,32,34,36,40,44,47,54H,5,7,12-13,15-21,26-31H2,1-2H3,(H,53,55)(H,56,62)/t34-,40-,44+,47+/m0/s1. The Morgan fingerprint density at radius 2 is 1.79 bits per heavy atom. The molecule has 1 saturated carbocycles. The van der Waals surface area contributed by atoms with Gasteiger partial charge in [-0.05, 0) is 101 Å². The van der Waals surface area contributed by atoms with E-state index < -0.39 is 37.5 Å². The summed E-state index contributed by atoms with van der Waals surface area (Å²) in [5.41, 5.74) is 3.86. The molecule has 7 aliphatic rings. The molecule has 72 heavy (non-hydrogen) atoms. The second-order valence-electron chi connectivity index (χ2n) is 20.8. The molecule has 1 amide bonds. The molecule has 380 valence electrons. The van der Waals surface area contributed by atoms with Crippen molar-refractivity contribution in [3.63, 3.8) is 0 Å². The largest absolute Gasteiger partial charge is 0.491 e. The fourth-order valence-corrected chi connectivity index (χ4v) is 13.3. The molecule has 5 aromatic rings. The molecule has 0 radical (unpaired) electrons. The highest BCUT2D eigenvalue weighted by molar-refractivity contribution is 7.90. The van der Waals surface area contributed by atoms with E-state index in [1.165, 1.54) is 18.1 Å². The van der Waals surface area contributed by atoms with Gasteiger partial charge in [-0.2, -0.15) is 4.98 Å². The smallest absolute Gasteiger partial charge is 0.297 e. The molecule has 20 heteroatoms. The minimum atomic E-state index is -4.70. The summed E-state index contributed by atoms with van der Waals surface area (Å²) in [6.45, 7) is 10.8. The minimum Gasteiger partial charge on any atom is -0.491 e. The van der Waals surface area contributed by atoms with Crippen LogP contribution < -0.4 is 34.0 Å².